The molecule has 0 bridgehead atoms. The van der Waals surface area contributed by atoms with E-state index >= 15 is 0 Å². The van der Waals surface area contributed by atoms with Crippen LogP contribution < -0.4 is 5.32 Å². The van der Waals surface area contributed by atoms with E-state index in [1.165, 1.54) is 5.56 Å². The molecule has 28 heavy (non-hydrogen) atoms. The second-order valence-corrected chi connectivity index (χ2v) is 7.19. The third-order valence-corrected chi connectivity index (χ3v) is 4.91. The maximum absolute atomic E-state index is 11.8. The van der Waals surface area contributed by atoms with Gasteiger partial charge in [0, 0.05) is 50.8 Å². The summed E-state index contributed by atoms with van der Waals surface area (Å²) in [5.41, 5.74) is 2.20. The van der Waals surface area contributed by atoms with E-state index in [9.17, 15) is 4.79 Å². The third kappa shape index (κ3) is 8.40. The van der Waals surface area contributed by atoms with Crippen molar-refractivity contribution in [2.75, 3.05) is 52.5 Å². The van der Waals surface area contributed by atoms with Gasteiger partial charge < -0.3 is 10.1 Å². The highest BCUT2D eigenvalue weighted by Gasteiger charge is 2.16. The molecule has 0 saturated carbocycles. The summed E-state index contributed by atoms with van der Waals surface area (Å²) in [6.07, 6.45) is 5.20. The summed E-state index contributed by atoms with van der Waals surface area (Å²) in [5.74, 6) is -0.121. The van der Waals surface area contributed by atoms with Crippen molar-refractivity contribution < 1.29 is 9.53 Å². The predicted octanol–water partition coefficient (Wildman–Crippen LogP) is 2.89. The van der Waals surface area contributed by atoms with Crippen LogP contribution in [0.4, 0.5) is 0 Å². The van der Waals surface area contributed by atoms with Crippen LogP contribution in [0.5, 0.6) is 0 Å². The Balaban J connectivity index is 1.55. The Morgan fingerprint density at radius 1 is 1.14 bits per heavy atom. The van der Waals surface area contributed by atoms with E-state index in [1.54, 1.807) is 12.2 Å². The van der Waals surface area contributed by atoms with Crippen LogP contribution in [-0.2, 0) is 16.1 Å². The molecule has 1 aliphatic rings. The fraction of sp³-hybridized carbons (Fsp3) is 0.409. The Labute approximate surface area is 173 Å². The van der Waals surface area contributed by atoms with Gasteiger partial charge in [-0.25, -0.2) is 0 Å². The first-order valence-electron chi connectivity index (χ1n) is 9.58. The molecule has 1 aliphatic heterocycles. The average molecular weight is 404 g/mol. The first-order valence-corrected chi connectivity index (χ1v) is 9.96. The van der Waals surface area contributed by atoms with Gasteiger partial charge in [0.15, 0.2) is 0 Å². The fourth-order valence-electron chi connectivity index (χ4n) is 2.98. The summed E-state index contributed by atoms with van der Waals surface area (Å²) in [7, 11) is 0. The number of nitrogens with zero attached hydrogens (tertiary/aromatic N) is 2. The molecule has 1 fully saturated rings. The van der Waals surface area contributed by atoms with Gasteiger partial charge in [-0.2, -0.15) is 0 Å². The van der Waals surface area contributed by atoms with E-state index in [-0.39, 0.29) is 12.5 Å². The molecule has 0 atom stereocenters. The molecule has 1 saturated heterocycles. The number of carbonyl (C=O) groups excluding carboxylic acids is 1. The summed E-state index contributed by atoms with van der Waals surface area (Å²) < 4.78 is 5.51. The lowest BCUT2D eigenvalue weighted by Gasteiger charge is -2.34. The van der Waals surface area contributed by atoms with Gasteiger partial charge >= 0.3 is 0 Å². The van der Waals surface area contributed by atoms with Crippen molar-refractivity contribution in [3.05, 3.63) is 71.8 Å². The highest BCUT2D eigenvalue weighted by atomic mass is 35.5. The quantitative estimate of drug-likeness (QED) is 0.456. The van der Waals surface area contributed by atoms with Crippen molar-refractivity contribution in [2.24, 2.45) is 0 Å². The van der Waals surface area contributed by atoms with Gasteiger partial charge in [-0.3, -0.25) is 14.6 Å². The fourth-order valence-corrected chi connectivity index (χ4v) is 3.11. The predicted molar refractivity (Wildman–Crippen MR) is 115 cm³/mol. The normalized spacial score (nSPS) is 16.0. The van der Waals surface area contributed by atoms with Crippen molar-refractivity contribution in [1.82, 2.24) is 15.1 Å². The molecule has 1 amide bonds. The van der Waals surface area contributed by atoms with Crippen LogP contribution in [0.2, 0.25) is 5.02 Å². The molecule has 0 radical (unpaired) electrons. The van der Waals surface area contributed by atoms with Crippen molar-refractivity contribution in [2.45, 2.75) is 6.54 Å². The second-order valence-electron chi connectivity index (χ2n) is 6.75. The number of carbonyl (C=O) groups is 1. The number of hydrogen-bond donors (Lipinski definition) is 1. The number of halogens is 1. The van der Waals surface area contributed by atoms with Gasteiger partial charge in [0.05, 0.1) is 6.61 Å². The van der Waals surface area contributed by atoms with E-state index in [0.717, 1.165) is 49.9 Å². The minimum atomic E-state index is -0.121. The maximum Gasteiger partial charge on any atom is 0.246 e. The SMILES string of the molecule is C=C/C=C(\C=C)CNC(=O)COCCN1CCN(Cc2ccc(Cl)cc2)CC1. The number of amides is 1. The summed E-state index contributed by atoms with van der Waals surface area (Å²) in [4.78, 5) is 16.6. The molecular weight excluding hydrogens is 374 g/mol. The second kappa shape index (κ2) is 12.5. The summed E-state index contributed by atoms with van der Waals surface area (Å²) in [6.45, 7) is 14.3. The monoisotopic (exact) mass is 403 g/mol. The molecule has 5 nitrogen and oxygen atoms in total. The van der Waals surface area contributed by atoms with Crippen LogP contribution in [0.25, 0.3) is 0 Å². The number of allylic oxidation sites excluding steroid dienone is 2. The van der Waals surface area contributed by atoms with Gasteiger partial charge in [0.25, 0.3) is 0 Å². The zero-order valence-electron chi connectivity index (χ0n) is 16.4. The number of ether oxygens (including phenoxy) is 1. The molecule has 0 spiro atoms. The zero-order chi connectivity index (χ0) is 20.2. The molecule has 0 unspecified atom stereocenters. The molecular formula is C22H30ClN3O2. The minimum absolute atomic E-state index is 0.0784. The van der Waals surface area contributed by atoms with E-state index in [0.29, 0.717) is 13.2 Å². The van der Waals surface area contributed by atoms with Crippen LogP contribution in [0.1, 0.15) is 5.56 Å². The number of hydrogen-bond acceptors (Lipinski definition) is 4. The smallest absolute Gasteiger partial charge is 0.246 e. The van der Waals surface area contributed by atoms with Crippen LogP contribution in [0, 0.1) is 0 Å². The van der Waals surface area contributed by atoms with Crippen LogP contribution in [0.3, 0.4) is 0 Å². The summed E-state index contributed by atoms with van der Waals surface area (Å²) in [6, 6.07) is 8.04. The van der Waals surface area contributed by atoms with Gasteiger partial charge in [0.2, 0.25) is 5.91 Å². The topological polar surface area (TPSA) is 44.8 Å². The molecule has 0 aliphatic carbocycles. The Bertz CT molecular complexity index is 665. The number of nitrogens with one attached hydrogen (secondary N) is 1. The average Bonchev–Trinajstić information content (AvgIpc) is 2.71. The molecule has 0 aromatic heterocycles. The molecule has 1 heterocycles. The van der Waals surface area contributed by atoms with E-state index in [4.69, 9.17) is 16.3 Å². The van der Waals surface area contributed by atoms with Crippen molar-refractivity contribution >= 4 is 17.5 Å². The lowest BCUT2D eigenvalue weighted by molar-refractivity contribution is -0.125. The molecule has 1 aromatic carbocycles. The Morgan fingerprint density at radius 2 is 1.82 bits per heavy atom. The lowest BCUT2D eigenvalue weighted by Crippen LogP contribution is -2.46. The Kier molecular flexibility index (Phi) is 10.0. The number of benzene rings is 1. The number of rotatable bonds is 11. The van der Waals surface area contributed by atoms with Gasteiger partial charge in [-0.05, 0) is 23.3 Å². The summed E-state index contributed by atoms with van der Waals surface area (Å²) in [5, 5.41) is 3.58. The van der Waals surface area contributed by atoms with Gasteiger partial charge in [-0.1, -0.05) is 55.1 Å². The van der Waals surface area contributed by atoms with Gasteiger partial charge in [0.1, 0.15) is 6.61 Å². The maximum atomic E-state index is 11.8. The number of piperazine rings is 1. The minimum Gasteiger partial charge on any atom is -0.370 e. The highest BCUT2D eigenvalue weighted by Crippen LogP contribution is 2.12. The Hall–Kier alpha value is -1.92. The highest BCUT2D eigenvalue weighted by molar-refractivity contribution is 6.30. The third-order valence-electron chi connectivity index (χ3n) is 4.65. The summed E-state index contributed by atoms with van der Waals surface area (Å²) >= 11 is 5.94. The lowest BCUT2D eigenvalue weighted by atomic mass is 10.2. The van der Waals surface area contributed by atoms with Crippen LogP contribution in [0.15, 0.2) is 61.2 Å². The van der Waals surface area contributed by atoms with Gasteiger partial charge in [-0.15, -0.1) is 0 Å². The van der Waals surface area contributed by atoms with E-state index < -0.39 is 0 Å². The standard InChI is InChI=1S/C22H30ClN3O2/c1-3-5-19(4-2)16-24-22(27)18-28-15-14-25-10-12-26(13-11-25)17-20-6-8-21(23)9-7-20/h3-9H,1-2,10-18H2,(H,24,27)/b19-5+. The van der Waals surface area contributed by atoms with Crippen LogP contribution in [-0.4, -0.2) is 68.2 Å². The molecule has 6 heteroatoms. The molecule has 1 aromatic rings. The zero-order valence-corrected chi connectivity index (χ0v) is 17.2. The van der Waals surface area contributed by atoms with E-state index in [1.807, 2.05) is 18.2 Å². The van der Waals surface area contributed by atoms with Crippen molar-refractivity contribution in [3.63, 3.8) is 0 Å². The van der Waals surface area contributed by atoms with Crippen molar-refractivity contribution in [1.29, 1.82) is 0 Å². The first kappa shape index (κ1) is 22.4. The molecule has 1 N–H and O–H groups in total. The van der Waals surface area contributed by atoms with Crippen LogP contribution >= 0.6 is 11.6 Å². The molecule has 2 rings (SSSR count). The largest absolute Gasteiger partial charge is 0.370 e. The Morgan fingerprint density at radius 3 is 2.46 bits per heavy atom. The van der Waals surface area contributed by atoms with Crippen molar-refractivity contribution in [3.8, 4) is 0 Å². The van der Waals surface area contributed by atoms with E-state index in [2.05, 4.69) is 40.4 Å². The first-order chi connectivity index (χ1) is 13.6. The molecule has 152 valence electrons.